The molecule has 26 heavy (non-hydrogen) atoms. The third-order valence-electron chi connectivity index (χ3n) is 3.65. The Kier molecular flexibility index (Phi) is 5.19. The summed E-state index contributed by atoms with van der Waals surface area (Å²) in [7, 11) is 0. The SMILES string of the molecule is O=C(/C=C/c1ccccc1[N+](=O)[O-])NCc1ncoc1-c1ccccc1. The number of nitrogens with one attached hydrogen (secondary N) is 1. The fraction of sp³-hybridized carbons (Fsp3) is 0.0526. The molecule has 0 aliphatic heterocycles. The predicted molar refractivity (Wildman–Crippen MR) is 95.9 cm³/mol. The van der Waals surface area contributed by atoms with Crippen LogP contribution in [0.25, 0.3) is 17.4 Å². The van der Waals surface area contributed by atoms with Gasteiger partial charge < -0.3 is 9.73 Å². The molecule has 0 saturated heterocycles. The highest BCUT2D eigenvalue weighted by Crippen LogP contribution is 2.22. The molecule has 0 atom stereocenters. The molecule has 1 aromatic heterocycles. The minimum atomic E-state index is -0.487. The second kappa shape index (κ2) is 7.89. The summed E-state index contributed by atoms with van der Waals surface area (Å²) in [4.78, 5) is 26.6. The van der Waals surface area contributed by atoms with Gasteiger partial charge in [-0.1, -0.05) is 42.5 Å². The molecule has 3 aromatic rings. The topological polar surface area (TPSA) is 98.3 Å². The zero-order valence-electron chi connectivity index (χ0n) is 13.7. The molecular formula is C19H15N3O4. The van der Waals surface area contributed by atoms with Gasteiger partial charge in [-0.3, -0.25) is 14.9 Å². The van der Waals surface area contributed by atoms with Crippen LogP contribution >= 0.6 is 0 Å². The molecule has 130 valence electrons. The molecule has 1 N–H and O–H groups in total. The normalized spacial score (nSPS) is 10.8. The van der Waals surface area contributed by atoms with Crippen molar-refractivity contribution in [2.45, 2.75) is 6.54 Å². The number of nitrogens with zero attached hydrogens (tertiary/aromatic N) is 2. The third kappa shape index (κ3) is 4.02. The summed E-state index contributed by atoms with van der Waals surface area (Å²) in [6.45, 7) is 0.181. The Balaban J connectivity index is 1.66. The van der Waals surface area contributed by atoms with Crippen LogP contribution in [0.3, 0.4) is 0 Å². The third-order valence-corrected chi connectivity index (χ3v) is 3.65. The van der Waals surface area contributed by atoms with Crippen LogP contribution in [0, 0.1) is 10.1 Å². The second-order valence-corrected chi connectivity index (χ2v) is 5.36. The first-order valence-electron chi connectivity index (χ1n) is 7.82. The number of para-hydroxylation sites is 1. The van der Waals surface area contributed by atoms with Gasteiger partial charge >= 0.3 is 0 Å². The van der Waals surface area contributed by atoms with Gasteiger partial charge in [0.15, 0.2) is 12.2 Å². The second-order valence-electron chi connectivity index (χ2n) is 5.36. The molecular weight excluding hydrogens is 334 g/mol. The maximum Gasteiger partial charge on any atom is 0.276 e. The van der Waals surface area contributed by atoms with Crippen LogP contribution in [0.15, 0.2) is 71.5 Å². The van der Waals surface area contributed by atoms with Gasteiger partial charge in [0.1, 0.15) is 5.69 Å². The van der Waals surface area contributed by atoms with Gasteiger partial charge in [0.2, 0.25) is 5.91 Å². The number of amides is 1. The molecule has 0 aliphatic carbocycles. The molecule has 2 aromatic carbocycles. The van der Waals surface area contributed by atoms with Crippen LogP contribution < -0.4 is 5.32 Å². The summed E-state index contributed by atoms with van der Waals surface area (Å²) in [5, 5.41) is 13.7. The van der Waals surface area contributed by atoms with Gasteiger partial charge in [0.05, 0.1) is 17.0 Å². The molecule has 0 unspecified atom stereocenters. The molecule has 0 aliphatic rings. The van der Waals surface area contributed by atoms with Crippen molar-refractivity contribution in [2.24, 2.45) is 0 Å². The van der Waals surface area contributed by atoms with Crippen molar-refractivity contribution in [3.63, 3.8) is 0 Å². The Bertz CT molecular complexity index is 948. The maximum atomic E-state index is 12.0. The number of nitro groups is 1. The highest BCUT2D eigenvalue weighted by molar-refractivity contribution is 5.92. The first kappa shape index (κ1) is 17.1. The molecule has 0 saturated carbocycles. The van der Waals surface area contributed by atoms with Crippen LogP contribution in [0.5, 0.6) is 0 Å². The predicted octanol–water partition coefficient (Wildman–Crippen LogP) is 3.58. The monoisotopic (exact) mass is 349 g/mol. The van der Waals surface area contributed by atoms with E-state index in [9.17, 15) is 14.9 Å². The molecule has 1 amide bonds. The van der Waals surface area contributed by atoms with Crippen molar-refractivity contribution in [1.29, 1.82) is 0 Å². The number of aromatic nitrogens is 1. The van der Waals surface area contributed by atoms with Crippen LogP contribution in [-0.4, -0.2) is 15.8 Å². The minimum Gasteiger partial charge on any atom is -0.443 e. The molecule has 0 spiro atoms. The summed E-state index contributed by atoms with van der Waals surface area (Å²) in [5.41, 5.74) is 1.77. The highest BCUT2D eigenvalue weighted by atomic mass is 16.6. The number of oxazole rings is 1. The first-order chi connectivity index (χ1) is 12.6. The van der Waals surface area contributed by atoms with Gasteiger partial charge in [-0.2, -0.15) is 0 Å². The summed E-state index contributed by atoms with van der Waals surface area (Å²) < 4.78 is 5.40. The van der Waals surface area contributed by atoms with Crippen LogP contribution in [-0.2, 0) is 11.3 Å². The van der Waals surface area contributed by atoms with E-state index in [2.05, 4.69) is 10.3 Å². The molecule has 1 heterocycles. The minimum absolute atomic E-state index is 0.0561. The molecule has 3 rings (SSSR count). The van der Waals surface area contributed by atoms with Gasteiger partial charge in [-0.15, -0.1) is 0 Å². The van der Waals surface area contributed by atoms with E-state index < -0.39 is 4.92 Å². The number of benzene rings is 2. The lowest BCUT2D eigenvalue weighted by molar-refractivity contribution is -0.385. The quantitative estimate of drug-likeness (QED) is 0.417. The van der Waals surface area contributed by atoms with E-state index >= 15 is 0 Å². The maximum absolute atomic E-state index is 12.0. The van der Waals surface area contributed by atoms with E-state index in [0.717, 1.165) is 5.56 Å². The largest absolute Gasteiger partial charge is 0.443 e. The van der Waals surface area contributed by atoms with E-state index in [1.165, 1.54) is 24.6 Å². The molecule has 0 bridgehead atoms. The van der Waals surface area contributed by atoms with Gasteiger partial charge in [0.25, 0.3) is 5.69 Å². The smallest absolute Gasteiger partial charge is 0.276 e. The summed E-state index contributed by atoms with van der Waals surface area (Å²) >= 11 is 0. The van der Waals surface area contributed by atoms with Crippen molar-refractivity contribution in [3.8, 4) is 11.3 Å². The number of hydrogen-bond acceptors (Lipinski definition) is 5. The Hall–Kier alpha value is -3.74. The fourth-order valence-electron chi connectivity index (χ4n) is 2.41. The lowest BCUT2D eigenvalue weighted by Gasteiger charge is -2.02. The lowest BCUT2D eigenvalue weighted by Crippen LogP contribution is -2.20. The van der Waals surface area contributed by atoms with E-state index in [0.29, 0.717) is 17.0 Å². The van der Waals surface area contributed by atoms with E-state index in [4.69, 9.17) is 4.42 Å². The zero-order chi connectivity index (χ0) is 18.4. The van der Waals surface area contributed by atoms with Crippen molar-refractivity contribution < 1.29 is 14.1 Å². The fourth-order valence-corrected chi connectivity index (χ4v) is 2.41. The van der Waals surface area contributed by atoms with Gasteiger partial charge in [-0.05, 0) is 12.1 Å². The molecule has 7 nitrogen and oxygen atoms in total. The Morgan fingerprint density at radius 2 is 1.88 bits per heavy atom. The van der Waals surface area contributed by atoms with Crippen molar-refractivity contribution in [3.05, 3.63) is 88.4 Å². The van der Waals surface area contributed by atoms with Crippen molar-refractivity contribution >= 4 is 17.7 Å². The van der Waals surface area contributed by atoms with Gasteiger partial charge in [0, 0.05) is 17.7 Å². The summed E-state index contributed by atoms with van der Waals surface area (Å²) in [6.07, 6.45) is 3.99. The number of rotatable bonds is 6. The van der Waals surface area contributed by atoms with Crippen LogP contribution in [0.2, 0.25) is 0 Å². The van der Waals surface area contributed by atoms with Crippen molar-refractivity contribution in [1.82, 2.24) is 10.3 Å². The zero-order valence-corrected chi connectivity index (χ0v) is 13.7. The molecule has 0 fully saturated rings. The number of carbonyl (C=O) groups is 1. The Morgan fingerprint density at radius 1 is 1.15 bits per heavy atom. The van der Waals surface area contributed by atoms with Crippen LogP contribution in [0.4, 0.5) is 5.69 Å². The van der Waals surface area contributed by atoms with E-state index in [1.807, 2.05) is 30.3 Å². The first-order valence-corrected chi connectivity index (χ1v) is 7.82. The molecule has 0 radical (unpaired) electrons. The van der Waals surface area contributed by atoms with E-state index in [-0.39, 0.29) is 18.1 Å². The average Bonchev–Trinajstić information content (AvgIpc) is 3.14. The van der Waals surface area contributed by atoms with Gasteiger partial charge in [-0.25, -0.2) is 4.98 Å². The summed E-state index contributed by atoms with van der Waals surface area (Å²) in [5.74, 6) is 0.207. The average molecular weight is 349 g/mol. The Labute approximate surface area is 149 Å². The number of nitro benzene ring substituents is 1. The Morgan fingerprint density at radius 3 is 2.65 bits per heavy atom. The van der Waals surface area contributed by atoms with Crippen LogP contribution in [0.1, 0.15) is 11.3 Å². The lowest BCUT2D eigenvalue weighted by atomic mass is 10.1. The summed E-state index contributed by atoms with van der Waals surface area (Å²) in [6, 6.07) is 15.7. The number of carbonyl (C=O) groups excluding carboxylic acids is 1. The number of hydrogen-bond donors (Lipinski definition) is 1. The molecule has 7 heteroatoms. The highest BCUT2D eigenvalue weighted by Gasteiger charge is 2.12. The van der Waals surface area contributed by atoms with Crippen molar-refractivity contribution in [2.75, 3.05) is 0 Å². The standard InChI is InChI=1S/C19H15N3O4/c23-18(11-10-14-6-4-5-9-17(14)22(24)25)20-12-16-19(26-13-21-16)15-7-2-1-3-8-15/h1-11,13H,12H2,(H,20,23)/b11-10+. The van der Waals surface area contributed by atoms with E-state index in [1.54, 1.807) is 18.2 Å².